The average Bonchev–Trinajstić information content (AvgIpc) is 2.63. The molecule has 0 aliphatic rings. The van der Waals surface area contributed by atoms with E-state index < -0.39 is 0 Å². The first-order valence-electron chi connectivity index (χ1n) is 8.19. The molecule has 2 rings (SSSR count). The minimum Gasteiger partial charge on any atom is -0.466 e. The first-order valence-corrected chi connectivity index (χ1v) is 8.19. The van der Waals surface area contributed by atoms with Crippen molar-refractivity contribution in [2.75, 3.05) is 13.2 Å². The Morgan fingerprint density at radius 1 is 0.840 bits per heavy atom. The summed E-state index contributed by atoms with van der Waals surface area (Å²) in [5.74, 6) is -0.693. The Hall–Kier alpha value is -2.95. The van der Waals surface area contributed by atoms with Crippen molar-refractivity contribution in [3.8, 4) is 0 Å². The van der Waals surface area contributed by atoms with Gasteiger partial charge >= 0.3 is 11.9 Å². The van der Waals surface area contributed by atoms with Crippen LogP contribution in [0.1, 0.15) is 36.2 Å². The predicted octanol–water partition coefficient (Wildman–Crippen LogP) is 3.94. The molecule has 2 aromatic carbocycles. The molecule has 130 valence electrons. The van der Waals surface area contributed by atoms with Crippen molar-refractivity contribution in [3.05, 3.63) is 65.7 Å². The van der Waals surface area contributed by atoms with Crippen LogP contribution in [-0.4, -0.2) is 30.9 Å². The summed E-state index contributed by atoms with van der Waals surface area (Å²) in [4.78, 5) is 28.1. The molecule has 0 N–H and O–H groups in total. The largest absolute Gasteiger partial charge is 0.466 e. The lowest BCUT2D eigenvalue weighted by Crippen LogP contribution is -2.12. The number of ether oxygens (including phenoxy) is 2. The maximum Gasteiger partial charge on any atom is 0.338 e. The van der Waals surface area contributed by atoms with Crippen molar-refractivity contribution in [3.63, 3.8) is 0 Å². The van der Waals surface area contributed by atoms with Crippen molar-refractivity contribution in [1.29, 1.82) is 0 Å². The standard InChI is InChI=1S/C20H21NO4/c1-3-24-19(22)14-18(15-8-6-5-7-9-15)21-17-12-10-16(11-13-17)20(23)25-4-2/h5-13H,3-4,14H2,1-2H3/b21-18+. The topological polar surface area (TPSA) is 65.0 Å². The number of carbonyl (C=O) groups excluding carboxylic acids is 2. The number of rotatable bonds is 7. The lowest BCUT2D eigenvalue weighted by Gasteiger charge is -2.07. The summed E-state index contributed by atoms with van der Waals surface area (Å²) in [7, 11) is 0. The van der Waals surface area contributed by atoms with E-state index in [4.69, 9.17) is 9.47 Å². The van der Waals surface area contributed by atoms with Crippen molar-refractivity contribution >= 4 is 23.3 Å². The molecule has 0 spiro atoms. The van der Waals surface area contributed by atoms with Gasteiger partial charge in [0.25, 0.3) is 0 Å². The van der Waals surface area contributed by atoms with Crippen LogP contribution in [0.3, 0.4) is 0 Å². The van der Waals surface area contributed by atoms with Gasteiger partial charge in [-0.25, -0.2) is 4.79 Å². The molecule has 0 atom stereocenters. The Morgan fingerprint density at radius 2 is 1.48 bits per heavy atom. The molecule has 0 bridgehead atoms. The maximum atomic E-state index is 11.9. The highest BCUT2D eigenvalue weighted by atomic mass is 16.5. The predicted molar refractivity (Wildman–Crippen MR) is 96.3 cm³/mol. The second kappa shape index (κ2) is 9.37. The molecule has 0 amide bonds. The van der Waals surface area contributed by atoms with Crippen LogP contribution >= 0.6 is 0 Å². The van der Waals surface area contributed by atoms with Gasteiger partial charge in [-0.3, -0.25) is 9.79 Å². The Labute approximate surface area is 147 Å². The van der Waals surface area contributed by atoms with Gasteiger partial charge in [-0.2, -0.15) is 0 Å². The van der Waals surface area contributed by atoms with Crippen LogP contribution in [0.25, 0.3) is 0 Å². The van der Waals surface area contributed by atoms with Gasteiger partial charge in [0.1, 0.15) is 0 Å². The van der Waals surface area contributed by atoms with E-state index in [9.17, 15) is 9.59 Å². The van der Waals surface area contributed by atoms with Crippen molar-refractivity contribution in [2.24, 2.45) is 4.99 Å². The van der Waals surface area contributed by atoms with E-state index in [-0.39, 0.29) is 18.4 Å². The van der Waals surface area contributed by atoms with Gasteiger partial charge in [0.2, 0.25) is 0 Å². The molecule has 0 saturated heterocycles. The molecule has 2 aromatic rings. The van der Waals surface area contributed by atoms with Crippen LogP contribution in [-0.2, 0) is 14.3 Å². The van der Waals surface area contributed by atoms with Gasteiger partial charge < -0.3 is 9.47 Å². The molecule has 25 heavy (non-hydrogen) atoms. The molecule has 5 nitrogen and oxygen atoms in total. The molecule has 0 radical (unpaired) electrons. The van der Waals surface area contributed by atoms with Crippen LogP contribution in [0.2, 0.25) is 0 Å². The summed E-state index contributed by atoms with van der Waals surface area (Å²) in [6, 6.07) is 16.2. The Kier molecular flexibility index (Phi) is 6.89. The summed E-state index contributed by atoms with van der Waals surface area (Å²) in [6.07, 6.45) is 0.0808. The van der Waals surface area contributed by atoms with E-state index in [1.807, 2.05) is 30.3 Å². The molecule has 5 heteroatoms. The van der Waals surface area contributed by atoms with E-state index in [0.717, 1.165) is 5.56 Å². The second-order valence-electron chi connectivity index (χ2n) is 5.17. The van der Waals surface area contributed by atoms with Crippen molar-refractivity contribution in [2.45, 2.75) is 20.3 Å². The van der Waals surface area contributed by atoms with Gasteiger partial charge in [-0.15, -0.1) is 0 Å². The minimum atomic E-state index is -0.368. The number of aliphatic imine (C=N–C) groups is 1. The second-order valence-corrected chi connectivity index (χ2v) is 5.17. The fourth-order valence-electron chi connectivity index (χ4n) is 2.23. The van der Waals surface area contributed by atoms with Crippen LogP contribution in [0.5, 0.6) is 0 Å². The molecule has 0 aromatic heterocycles. The van der Waals surface area contributed by atoms with E-state index in [1.165, 1.54) is 0 Å². The lowest BCUT2D eigenvalue weighted by molar-refractivity contribution is -0.141. The van der Waals surface area contributed by atoms with Crippen molar-refractivity contribution in [1.82, 2.24) is 0 Å². The number of hydrogen-bond donors (Lipinski definition) is 0. The third kappa shape index (κ3) is 5.57. The van der Waals surface area contributed by atoms with E-state index in [0.29, 0.717) is 30.2 Å². The Balaban J connectivity index is 2.27. The zero-order chi connectivity index (χ0) is 18.1. The first-order chi connectivity index (χ1) is 12.1. The van der Waals surface area contributed by atoms with Gasteiger partial charge in [-0.1, -0.05) is 30.3 Å². The third-order valence-electron chi connectivity index (χ3n) is 3.37. The summed E-state index contributed by atoms with van der Waals surface area (Å²) in [6.45, 7) is 4.19. The molecular weight excluding hydrogens is 318 g/mol. The molecule has 0 fully saturated rings. The first kappa shape index (κ1) is 18.4. The van der Waals surface area contributed by atoms with Crippen molar-refractivity contribution < 1.29 is 19.1 Å². The Bertz CT molecular complexity index is 736. The molecule has 0 aliphatic heterocycles. The third-order valence-corrected chi connectivity index (χ3v) is 3.37. The van der Waals surface area contributed by atoms with Crippen LogP contribution in [0, 0.1) is 0 Å². The van der Waals surface area contributed by atoms with Crippen LogP contribution < -0.4 is 0 Å². The van der Waals surface area contributed by atoms with E-state index >= 15 is 0 Å². The minimum absolute atomic E-state index is 0.0808. The molecule has 0 aliphatic carbocycles. The number of esters is 2. The number of hydrogen-bond acceptors (Lipinski definition) is 5. The SMILES string of the molecule is CCOC(=O)C/C(=N\c1ccc(C(=O)OCC)cc1)c1ccccc1. The van der Waals surface area contributed by atoms with Gasteiger partial charge in [0, 0.05) is 0 Å². The number of benzene rings is 2. The summed E-state index contributed by atoms with van der Waals surface area (Å²) in [5.41, 5.74) is 2.58. The summed E-state index contributed by atoms with van der Waals surface area (Å²) >= 11 is 0. The van der Waals surface area contributed by atoms with Gasteiger partial charge in [0.15, 0.2) is 0 Å². The average molecular weight is 339 g/mol. The quantitative estimate of drug-likeness (QED) is 0.566. The van der Waals surface area contributed by atoms with Gasteiger partial charge in [0.05, 0.1) is 36.6 Å². The highest BCUT2D eigenvalue weighted by Gasteiger charge is 2.11. The lowest BCUT2D eigenvalue weighted by atomic mass is 10.1. The molecular formula is C20H21NO4. The molecule has 0 heterocycles. The monoisotopic (exact) mass is 339 g/mol. The maximum absolute atomic E-state index is 11.9. The summed E-state index contributed by atoms with van der Waals surface area (Å²) in [5, 5.41) is 0. The summed E-state index contributed by atoms with van der Waals surface area (Å²) < 4.78 is 9.99. The fraction of sp³-hybridized carbons (Fsp3) is 0.250. The zero-order valence-corrected chi connectivity index (χ0v) is 14.4. The van der Waals surface area contributed by atoms with Crippen LogP contribution in [0.4, 0.5) is 5.69 Å². The molecule has 0 saturated carbocycles. The fourth-order valence-corrected chi connectivity index (χ4v) is 2.23. The zero-order valence-electron chi connectivity index (χ0n) is 14.4. The van der Waals surface area contributed by atoms with Gasteiger partial charge in [-0.05, 0) is 43.7 Å². The highest BCUT2D eigenvalue weighted by molar-refractivity contribution is 6.10. The molecule has 0 unspecified atom stereocenters. The smallest absolute Gasteiger partial charge is 0.338 e. The Morgan fingerprint density at radius 3 is 2.08 bits per heavy atom. The normalized spacial score (nSPS) is 11.0. The number of carbonyl (C=O) groups is 2. The van der Waals surface area contributed by atoms with E-state index in [2.05, 4.69) is 4.99 Å². The highest BCUT2D eigenvalue weighted by Crippen LogP contribution is 2.17. The van der Waals surface area contributed by atoms with E-state index in [1.54, 1.807) is 38.1 Å². The number of nitrogens with zero attached hydrogens (tertiary/aromatic N) is 1. The van der Waals surface area contributed by atoms with Crippen LogP contribution in [0.15, 0.2) is 59.6 Å².